The van der Waals surface area contributed by atoms with E-state index in [1.807, 2.05) is 26.8 Å². The number of ether oxygens (including phenoxy) is 2. The molecule has 1 heterocycles. The van der Waals surface area contributed by atoms with Crippen molar-refractivity contribution in [3.05, 3.63) is 39.5 Å². The molecule has 2 atom stereocenters. The highest BCUT2D eigenvalue weighted by Gasteiger charge is 2.30. The first-order valence-corrected chi connectivity index (χ1v) is 11.2. The van der Waals surface area contributed by atoms with Gasteiger partial charge in [0.2, 0.25) is 0 Å². The molecule has 8 heteroatoms. The molecule has 0 aromatic heterocycles. The van der Waals surface area contributed by atoms with E-state index in [0.29, 0.717) is 18.4 Å². The number of cyclic esters (lactones) is 1. The van der Waals surface area contributed by atoms with Gasteiger partial charge in [0.15, 0.2) is 8.38 Å². The summed E-state index contributed by atoms with van der Waals surface area (Å²) in [6.45, 7) is 9.45. The number of benzene rings is 1. The molecule has 1 aliphatic heterocycles. The van der Waals surface area contributed by atoms with E-state index in [2.05, 4.69) is 5.09 Å². The average Bonchev–Trinajstić information content (AvgIpc) is 3.05. The van der Waals surface area contributed by atoms with Crippen molar-refractivity contribution < 1.29 is 28.4 Å². The summed E-state index contributed by atoms with van der Waals surface area (Å²) in [6.07, 6.45) is 3.11. The summed E-state index contributed by atoms with van der Waals surface area (Å²) in [5.41, 5.74) is 4.42. The van der Waals surface area contributed by atoms with Crippen LogP contribution in [0.25, 0.3) is 0 Å². The normalized spacial score (nSPS) is 15.7. The van der Waals surface area contributed by atoms with Gasteiger partial charge < -0.3 is 14.6 Å². The van der Waals surface area contributed by atoms with E-state index < -0.39 is 26.4 Å². The van der Waals surface area contributed by atoms with E-state index in [0.717, 1.165) is 22.3 Å². The van der Waals surface area contributed by atoms with Crippen molar-refractivity contribution in [3.63, 3.8) is 0 Å². The van der Waals surface area contributed by atoms with Crippen molar-refractivity contribution in [2.75, 3.05) is 12.8 Å². The minimum atomic E-state index is -2.08. The topological polar surface area (TPSA) is 84.9 Å². The highest BCUT2D eigenvalue weighted by atomic mass is 31.2. The molecule has 0 radical (unpaired) electrons. The van der Waals surface area contributed by atoms with Gasteiger partial charge in [-0.2, -0.15) is 0 Å². The number of hydrogen-bond donors (Lipinski definition) is 2. The van der Waals surface area contributed by atoms with Gasteiger partial charge >= 0.3 is 11.9 Å². The van der Waals surface area contributed by atoms with Gasteiger partial charge in [0, 0.05) is 17.3 Å². The highest BCUT2D eigenvalue weighted by molar-refractivity contribution is 7.50. The van der Waals surface area contributed by atoms with E-state index in [1.54, 1.807) is 13.8 Å². The number of carbonyl (C=O) groups is 2. The van der Waals surface area contributed by atoms with E-state index >= 15 is 0 Å². The van der Waals surface area contributed by atoms with Crippen LogP contribution in [0.4, 0.5) is 4.20 Å². The molecule has 6 nitrogen and oxygen atoms in total. The van der Waals surface area contributed by atoms with Gasteiger partial charge in [-0.25, -0.2) is 8.99 Å². The Morgan fingerprint density at radius 2 is 2.10 bits per heavy atom. The summed E-state index contributed by atoms with van der Waals surface area (Å²) >= 11 is 0. The van der Waals surface area contributed by atoms with Crippen LogP contribution in [0.5, 0.6) is 5.75 Å². The highest BCUT2D eigenvalue weighted by Crippen LogP contribution is 2.39. The van der Waals surface area contributed by atoms with Crippen molar-refractivity contribution in [3.8, 4) is 5.75 Å². The number of halogens is 1. The summed E-state index contributed by atoms with van der Waals surface area (Å²) in [5, 5.41) is 13.3. The fourth-order valence-corrected chi connectivity index (χ4v) is 4.66. The Balaban J connectivity index is 2.13. The number of hydrogen-bond acceptors (Lipinski definition) is 6. The minimum absolute atomic E-state index is 0.0365. The van der Waals surface area contributed by atoms with Crippen LogP contribution in [0.15, 0.2) is 11.6 Å². The quantitative estimate of drug-likeness (QED) is 0.350. The second-order valence-electron chi connectivity index (χ2n) is 7.09. The first-order valence-electron chi connectivity index (χ1n) is 9.76. The van der Waals surface area contributed by atoms with Crippen LogP contribution >= 0.6 is 8.38 Å². The molecular weight excluding hydrogens is 396 g/mol. The molecule has 0 amide bonds. The molecule has 2 N–H and O–H groups in total. The smallest absolute Gasteiger partial charge is 0.342 e. The predicted molar refractivity (Wildman–Crippen MR) is 111 cm³/mol. The molecule has 1 aromatic carbocycles. The average molecular weight is 425 g/mol. The molecule has 29 heavy (non-hydrogen) atoms. The molecule has 2 rings (SSSR count). The van der Waals surface area contributed by atoms with E-state index in [1.165, 1.54) is 0 Å². The number of nitrogens with one attached hydrogen (secondary N) is 1. The largest absolute Gasteiger partial charge is 0.507 e. The lowest BCUT2D eigenvalue weighted by Gasteiger charge is -2.17. The Kier molecular flexibility index (Phi) is 8.17. The zero-order valence-corrected chi connectivity index (χ0v) is 18.5. The van der Waals surface area contributed by atoms with Gasteiger partial charge in [0.1, 0.15) is 24.0 Å². The summed E-state index contributed by atoms with van der Waals surface area (Å²) in [6, 6.07) is -0.708. The first kappa shape index (κ1) is 23.3. The van der Waals surface area contributed by atoms with Crippen molar-refractivity contribution >= 4 is 20.3 Å². The summed E-state index contributed by atoms with van der Waals surface area (Å²) in [7, 11) is -2.08. The third-order valence-electron chi connectivity index (χ3n) is 5.02. The lowest BCUT2D eigenvalue weighted by Crippen LogP contribution is -2.31. The molecule has 1 aliphatic rings. The van der Waals surface area contributed by atoms with Crippen LogP contribution < -0.4 is 5.09 Å². The third-order valence-corrected chi connectivity index (χ3v) is 6.46. The zero-order chi connectivity index (χ0) is 21.7. The second-order valence-corrected chi connectivity index (χ2v) is 8.39. The molecule has 2 unspecified atom stereocenters. The summed E-state index contributed by atoms with van der Waals surface area (Å²) in [5.74, 6) is -1.02. The van der Waals surface area contributed by atoms with Gasteiger partial charge in [-0.05, 0) is 51.7 Å². The molecule has 1 aromatic rings. The fraction of sp³-hybridized carbons (Fsp3) is 0.524. The van der Waals surface area contributed by atoms with Gasteiger partial charge in [-0.1, -0.05) is 18.6 Å². The number of phenols is 1. The lowest BCUT2D eigenvalue weighted by atomic mass is 9.89. The molecule has 0 saturated heterocycles. The maximum absolute atomic E-state index is 14.3. The standard InChI is InChI=1S/C21H29FNO5P/c1-6-15-13(4)17-10-28-21(26)18(17)19(24)16(15)9-8-12(3)11-29(22)23-14(5)20(25)27-7-2/h8,14,23-24H,6-7,9-11H2,1-5H3/b12-8+. The molecule has 0 saturated carbocycles. The van der Waals surface area contributed by atoms with Crippen LogP contribution in [0.2, 0.25) is 0 Å². The monoisotopic (exact) mass is 425 g/mol. The van der Waals surface area contributed by atoms with Crippen LogP contribution in [0.3, 0.4) is 0 Å². The Labute approximate surface area is 172 Å². The van der Waals surface area contributed by atoms with Crippen molar-refractivity contribution in [1.29, 1.82) is 0 Å². The van der Waals surface area contributed by atoms with Gasteiger partial charge in [0.25, 0.3) is 0 Å². The number of rotatable bonds is 9. The van der Waals surface area contributed by atoms with Crippen LogP contribution in [-0.2, 0) is 33.7 Å². The van der Waals surface area contributed by atoms with Crippen molar-refractivity contribution in [2.24, 2.45) is 0 Å². The Bertz CT molecular complexity index is 824. The van der Waals surface area contributed by atoms with Gasteiger partial charge in [-0.3, -0.25) is 9.88 Å². The van der Waals surface area contributed by atoms with Crippen LogP contribution in [-0.4, -0.2) is 35.9 Å². The molecule has 0 aliphatic carbocycles. The Hall–Kier alpha value is -1.98. The summed E-state index contributed by atoms with van der Waals surface area (Å²) < 4.78 is 24.3. The number of carbonyl (C=O) groups excluding carboxylic acids is 2. The lowest BCUT2D eigenvalue weighted by molar-refractivity contribution is -0.144. The maximum atomic E-state index is 14.3. The Morgan fingerprint density at radius 3 is 2.72 bits per heavy atom. The zero-order valence-electron chi connectivity index (χ0n) is 17.6. The molecule has 160 valence electrons. The summed E-state index contributed by atoms with van der Waals surface area (Å²) in [4.78, 5) is 23.6. The fourth-order valence-electron chi connectivity index (χ4n) is 3.48. The maximum Gasteiger partial charge on any atom is 0.342 e. The molecule has 0 bridgehead atoms. The van der Waals surface area contributed by atoms with E-state index in [-0.39, 0.29) is 30.7 Å². The number of esters is 2. The minimum Gasteiger partial charge on any atom is -0.507 e. The van der Waals surface area contributed by atoms with Crippen LogP contribution in [0, 0.1) is 6.92 Å². The molecular formula is C21H29FNO5P. The predicted octanol–water partition coefficient (Wildman–Crippen LogP) is 4.24. The number of fused-ring (bicyclic) bond motifs is 1. The SMILES string of the molecule is CCOC(=O)C(C)NP(F)C/C(C)=C/Cc1c(O)c2c(c(C)c1CC)COC2=O. The number of allylic oxidation sites excluding steroid dienone is 2. The number of phenolic OH excluding ortho intramolecular Hbond substituents is 1. The third kappa shape index (κ3) is 5.34. The first-order chi connectivity index (χ1) is 13.7. The van der Waals surface area contributed by atoms with Crippen molar-refractivity contribution in [1.82, 2.24) is 5.09 Å². The Morgan fingerprint density at radius 1 is 1.41 bits per heavy atom. The molecule has 0 fully saturated rings. The van der Waals surface area contributed by atoms with E-state index in [4.69, 9.17) is 9.47 Å². The second kappa shape index (κ2) is 10.2. The van der Waals surface area contributed by atoms with Gasteiger partial charge in [0.05, 0.1) is 6.61 Å². The molecule has 0 spiro atoms. The van der Waals surface area contributed by atoms with Crippen molar-refractivity contribution in [2.45, 2.75) is 60.1 Å². The van der Waals surface area contributed by atoms with Gasteiger partial charge in [-0.15, -0.1) is 0 Å². The number of aromatic hydroxyl groups is 1. The van der Waals surface area contributed by atoms with Crippen LogP contribution in [0.1, 0.15) is 60.3 Å². The van der Waals surface area contributed by atoms with E-state index in [9.17, 15) is 18.9 Å².